The van der Waals surface area contributed by atoms with Gasteiger partial charge in [0.25, 0.3) is 5.56 Å². The Bertz CT molecular complexity index is 1710. The first-order valence-electron chi connectivity index (χ1n) is 11.3. The Morgan fingerprint density at radius 1 is 1.03 bits per heavy atom. The van der Waals surface area contributed by atoms with E-state index in [0.29, 0.717) is 20.0 Å². The van der Waals surface area contributed by atoms with Crippen LogP contribution in [0.25, 0.3) is 21.7 Å². The molecule has 0 atom stereocenters. The number of benzene rings is 3. The minimum atomic E-state index is -0.449. The topological polar surface area (TPSA) is 66.1 Å². The lowest BCUT2D eigenvalue weighted by Gasteiger charge is -2.13. The van der Waals surface area contributed by atoms with Crippen molar-refractivity contribution in [2.75, 3.05) is 5.75 Å². The summed E-state index contributed by atoms with van der Waals surface area (Å²) in [6.45, 7) is 2.10. The van der Waals surface area contributed by atoms with Crippen LogP contribution in [0.15, 0.2) is 88.8 Å². The van der Waals surface area contributed by atoms with Crippen molar-refractivity contribution in [1.29, 1.82) is 0 Å². The number of ether oxygens (including phenoxy) is 1. The normalized spacial score (nSPS) is 11.1. The number of para-hydroxylation sites is 1. The zero-order chi connectivity index (χ0) is 25.9. The van der Waals surface area contributed by atoms with Gasteiger partial charge in [0.05, 0.1) is 17.1 Å². The van der Waals surface area contributed by atoms with Gasteiger partial charge < -0.3 is 4.74 Å². The number of aryl methyl sites for hydroxylation is 1. The maximum atomic E-state index is 13.7. The van der Waals surface area contributed by atoms with Gasteiger partial charge in [-0.2, -0.15) is 0 Å². The fourth-order valence-electron chi connectivity index (χ4n) is 3.78. The van der Waals surface area contributed by atoms with Crippen LogP contribution in [0.3, 0.4) is 0 Å². The molecule has 0 spiro atoms. The molecule has 0 aliphatic carbocycles. The Morgan fingerprint density at radius 3 is 2.46 bits per heavy atom. The third kappa shape index (κ3) is 5.27. The summed E-state index contributed by atoms with van der Waals surface area (Å²) in [5.41, 5.74) is 3.17. The summed E-state index contributed by atoms with van der Waals surface area (Å²) >= 11 is 7.87. The van der Waals surface area contributed by atoms with Crippen LogP contribution in [0, 0.1) is 16.7 Å². The number of fused-ring (bicyclic) bond motifs is 1. The van der Waals surface area contributed by atoms with E-state index in [1.807, 2.05) is 61.5 Å². The summed E-state index contributed by atoms with van der Waals surface area (Å²) in [5.74, 6) is -0.943. The maximum Gasteiger partial charge on any atom is 0.316 e. The number of thiazole rings is 1. The average molecular weight is 550 g/mol. The highest BCUT2D eigenvalue weighted by Crippen LogP contribution is 2.28. The third-order valence-corrected chi connectivity index (χ3v) is 7.84. The SMILES string of the molecule is Cc1ccccc1-n1c(=S)sc2c(=O)n(-c3ccc(F)cc3)c(SCC(=O)OCc3ccccc3)nc21. The van der Waals surface area contributed by atoms with E-state index < -0.39 is 11.8 Å². The molecular formula is C27H20FN3O3S3. The highest BCUT2D eigenvalue weighted by Gasteiger charge is 2.20. The largest absolute Gasteiger partial charge is 0.460 e. The maximum absolute atomic E-state index is 13.7. The first kappa shape index (κ1) is 25.1. The number of esters is 1. The highest BCUT2D eigenvalue weighted by atomic mass is 32.2. The van der Waals surface area contributed by atoms with E-state index in [9.17, 15) is 14.0 Å². The molecule has 0 fully saturated rings. The van der Waals surface area contributed by atoms with E-state index in [4.69, 9.17) is 21.9 Å². The zero-order valence-corrected chi connectivity index (χ0v) is 22.0. The Labute approximate surface area is 225 Å². The number of carbonyl (C=O) groups excluding carboxylic acids is 1. The van der Waals surface area contributed by atoms with Gasteiger partial charge in [0.2, 0.25) is 0 Å². The quantitative estimate of drug-likeness (QED) is 0.103. The molecule has 2 heterocycles. The molecule has 0 saturated heterocycles. The van der Waals surface area contributed by atoms with Crippen molar-refractivity contribution >= 4 is 51.6 Å². The fourth-order valence-corrected chi connectivity index (χ4v) is 5.87. The number of nitrogens with zero attached hydrogens (tertiary/aromatic N) is 3. The molecule has 0 aliphatic heterocycles. The predicted molar refractivity (Wildman–Crippen MR) is 147 cm³/mol. The van der Waals surface area contributed by atoms with Crippen molar-refractivity contribution in [3.63, 3.8) is 0 Å². The van der Waals surface area contributed by atoms with E-state index in [0.717, 1.165) is 28.6 Å². The second kappa shape index (κ2) is 10.8. The number of rotatable bonds is 7. The van der Waals surface area contributed by atoms with Crippen LogP contribution in [-0.4, -0.2) is 25.8 Å². The lowest BCUT2D eigenvalue weighted by molar-refractivity contribution is -0.141. The molecule has 0 radical (unpaired) electrons. The lowest BCUT2D eigenvalue weighted by atomic mass is 10.2. The summed E-state index contributed by atoms with van der Waals surface area (Å²) in [5, 5.41) is 0.274. The van der Waals surface area contributed by atoms with Crippen molar-refractivity contribution in [1.82, 2.24) is 14.1 Å². The molecule has 0 aliphatic rings. The monoisotopic (exact) mass is 549 g/mol. The van der Waals surface area contributed by atoms with E-state index in [1.54, 1.807) is 4.57 Å². The molecule has 6 nitrogen and oxygen atoms in total. The van der Waals surface area contributed by atoms with Gasteiger partial charge in [-0.15, -0.1) is 0 Å². The molecule has 5 aromatic rings. The number of carbonyl (C=O) groups is 1. The zero-order valence-electron chi connectivity index (χ0n) is 19.6. The Balaban J connectivity index is 1.57. The van der Waals surface area contributed by atoms with E-state index in [2.05, 4.69) is 0 Å². The average Bonchev–Trinajstić information content (AvgIpc) is 3.24. The first-order valence-corrected chi connectivity index (χ1v) is 13.5. The number of aromatic nitrogens is 3. The number of thioether (sulfide) groups is 1. The molecule has 3 aromatic carbocycles. The van der Waals surface area contributed by atoms with Crippen molar-refractivity contribution < 1.29 is 13.9 Å². The minimum absolute atomic E-state index is 0.0682. The van der Waals surface area contributed by atoms with Crippen LogP contribution in [-0.2, 0) is 16.1 Å². The Kier molecular flexibility index (Phi) is 7.31. The van der Waals surface area contributed by atoms with Crippen LogP contribution < -0.4 is 5.56 Å². The van der Waals surface area contributed by atoms with Crippen LogP contribution in [0.4, 0.5) is 4.39 Å². The first-order chi connectivity index (χ1) is 17.9. The fraction of sp³-hybridized carbons (Fsp3) is 0.111. The summed E-state index contributed by atoms with van der Waals surface area (Å²) in [6.07, 6.45) is 0. The molecule has 0 saturated carbocycles. The van der Waals surface area contributed by atoms with Gasteiger partial charge in [0.1, 0.15) is 17.1 Å². The van der Waals surface area contributed by atoms with Crippen molar-refractivity contribution in [3.8, 4) is 11.4 Å². The Hall–Kier alpha value is -3.60. The molecule has 0 N–H and O–H groups in total. The van der Waals surface area contributed by atoms with Gasteiger partial charge in [-0.05, 0) is 60.6 Å². The van der Waals surface area contributed by atoms with Crippen LogP contribution >= 0.6 is 35.3 Å². The molecular weight excluding hydrogens is 530 g/mol. The van der Waals surface area contributed by atoms with Gasteiger partial charge in [0.15, 0.2) is 14.8 Å². The van der Waals surface area contributed by atoms with Crippen LogP contribution in [0.1, 0.15) is 11.1 Å². The molecule has 10 heteroatoms. The number of halogens is 1. The van der Waals surface area contributed by atoms with Crippen molar-refractivity contribution in [3.05, 3.63) is 110 Å². The second-order valence-corrected chi connectivity index (χ2v) is 10.7. The van der Waals surface area contributed by atoms with Crippen LogP contribution in [0.5, 0.6) is 0 Å². The third-order valence-electron chi connectivity index (χ3n) is 5.58. The molecule has 0 amide bonds. The summed E-state index contributed by atoms with van der Waals surface area (Å²) < 4.78 is 23.0. The summed E-state index contributed by atoms with van der Waals surface area (Å²) in [6, 6.07) is 22.6. The van der Waals surface area contributed by atoms with E-state index in [-0.39, 0.29) is 23.1 Å². The number of hydrogen-bond donors (Lipinski definition) is 0. The molecule has 186 valence electrons. The van der Waals surface area contributed by atoms with Gasteiger partial charge in [0, 0.05) is 0 Å². The van der Waals surface area contributed by atoms with Crippen molar-refractivity contribution in [2.45, 2.75) is 18.7 Å². The van der Waals surface area contributed by atoms with Gasteiger partial charge >= 0.3 is 5.97 Å². The van der Waals surface area contributed by atoms with Gasteiger partial charge in [-0.3, -0.25) is 18.7 Å². The second-order valence-electron chi connectivity index (χ2n) is 8.09. The molecule has 0 bridgehead atoms. The summed E-state index contributed by atoms with van der Waals surface area (Å²) in [4.78, 5) is 31.1. The lowest BCUT2D eigenvalue weighted by Crippen LogP contribution is -2.22. The smallest absolute Gasteiger partial charge is 0.316 e. The van der Waals surface area contributed by atoms with E-state index in [1.165, 1.54) is 40.2 Å². The molecule has 37 heavy (non-hydrogen) atoms. The highest BCUT2D eigenvalue weighted by molar-refractivity contribution is 7.99. The molecule has 5 rings (SSSR count). The van der Waals surface area contributed by atoms with Crippen molar-refractivity contribution in [2.24, 2.45) is 0 Å². The van der Waals surface area contributed by atoms with Gasteiger partial charge in [-0.1, -0.05) is 71.6 Å². The minimum Gasteiger partial charge on any atom is -0.460 e. The Morgan fingerprint density at radius 2 is 1.73 bits per heavy atom. The molecule has 0 unspecified atom stereocenters. The summed E-state index contributed by atoms with van der Waals surface area (Å²) in [7, 11) is 0. The van der Waals surface area contributed by atoms with E-state index >= 15 is 0 Å². The van der Waals surface area contributed by atoms with Gasteiger partial charge in [-0.25, -0.2) is 9.37 Å². The standard InChI is InChI=1S/C27H20FN3O3S3/c1-17-7-5-6-10-21(17)31-24-23(37-27(31)35)25(33)30(20-13-11-19(28)12-14-20)26(29-24)36-16-22(32)34-15-18-8-3-2-4-9-18/h2-14H,15-16H2,1H3. The predicted octanol–water partition coefficient (Wildman–Crippen LogP) is 6.25. The molecule has 2 aromatic heterocycles. The number of hydrogen-bond acceptors (Lipinski definition) is 7. The van der Waals surface area contributed by atoms with Crippen LogP contribution in [0.2, 0.25) is 0 Å².